The van der Waals surface area contributed by atoms with Crippen LogP contribution >= 0.6 is 27.5 Å². The van der Waals surface area contributed by atoms with Gasteiger partial charge >= 0.3 is 0 Å². The van der Waals surface area contributed by atoms with Gasteiger partial charge < -0.3 is 10.5 Å². The van der Waals surface area contributed by atoms with Crippen LogP contribution in [0.15, 0.2) is 40.9 Å². The molecule has 3 nitrogen and oxygen atoms in total. The number of nitrogens with two attached hydrogens (primary N) is 1. The molecule has 0 fully saturated rings. The van der Waals surface area contributed by atoms with Crippen LogP contribution in [0.25, 0.3) is 0 Å². The van der Waals surface area contributed by atoms with Gasteiger partial charge in [-0.15, -0.1) is 0 Å². The van der Waals surface area contributed by atoms with Gasteiger partial charge in [-0.1, -0.05) is 11.6 Å². The lowest BCUT2D eigenvalue weighted by Gasteiger charge is -2.10. The summed E-state index contributed by atoms with van der Waals surface area (Å²) in [5.74, 6) is 0.935. The van der Waals surface area contributed by atoms with Crippen LogP contribution in [0.3, 0.4) is 0 Å². The first-order chi connectivity index (χ1) is 8.60. The molecule has 0 atom stereocenters. The van der Waals surface area contributed by atoms with Crippen LogP contribution in [0.4, 0.5) is 5.69 Å². The molecule has 0 unspecified atom stereocenters. The van der Waals surface area contributed by atoms with Gasteiger partial charge in [-0.25, -0.2) is 0 Å². The van der Waals surface area contributed by atoms with Gasteiger partial charge in [0, 0.05) is 22.8 Å². The van der Waals surface area contributed by atoms with E-state index in [9.17, 15) is 0 Å². The maximum Gasteiger partial charge on any atom is 0.146 e. The quantitative estimate of drug-likeness (QED) is 0.836. The van der Waals surface area contributed by atoms with Crippen molar-refractivity contribution in [3.05, 3.63) is 51.5 Å². The Morgan fingerprint density at radius 2 is 1.94 bits per heavy atom. The van der Waals surface area contributed by atoms with Crippen molar-refractivity contribution in [1.29, 1.82) is 5.26 Å². The summed E-state index contributed by atoms with van der Waals surface area (Å²) in [6, 6.07) is 12.1. The predicted molar refractivity (Wildman–Crippen MR) is 74.8 cm³/mol. The molecule has 5 heteroatoms. The summed E-state index contributed by atoms with van der Waals surface area (Å²) in [5.41, 5.74) is 6.68. The Morgan fingerprint density at radius 1 is 1.17 bits per heavy atom. The standard InChI is InChI=1S/C13H8BrClN2O/c14-11-4-3-10(17)6-13(11)18-12-5-9(15)2-1-8(12)7-16/h1-6H,17H2. The van der Waals surface area contributed by atoms with E-state index in [1.807, 2.05) is 6.07 Å². The molecule has 0 aliphatic heterocycles. The van der Waals surface area contributed by atoms with Gasteiger partial charge in [0.1, 0.15) is 17.6 Å². The zero-order chi connectivity index (χ0) is 13.1. The molecule has 0 heterocycles. The number of rotatable bonds is 2. The molecule has 2 N–H and O–H groups in total. The van der Waals surface area contributed by atoms with E-state index in [0.29, 0.717) is 27.8 Å². The lowest BCUT2D eigenvalue weighted by Crippen LogP contribution is -1.91. The fourth-order valence-electron chi connectivity index (χ4n) is 1.39. The number of hydrogen-bond donors (Lipinski definition) is 1. The van der Waals surface area contributed by atoms with E-state index >= 15 is 0 Å². The van der Waals surface area contributed by atoms with E-state index < -0.39 is 0 Å². The van der Waals surface area contributed by atoms with Gasteiger partial charge in [-0.3, -0.25) is 0 Å². The molecule has 0 bridgehead atoms. The highest BCUT2D eigenvalue weighted by molar-refractivity contribution is 9.10. The monoisotopic (exact) mass is 322 g/mol. The summed E-state index contributed by atoms with van der Waals surface area (Å²) in [4.78, 5) is 0. The highest BCUT2D eigenvalue weighted by Crippen LogP contribution is 2.34. The maximum absolute atomic E-state index is 9.00. The van der Waals surface area contributed by atoms with Gasteiger partial charge in [-0.2, -0.15) is 5.26 Å². The number of halogens is 2. The summed E-state index contributed by atoms with van der Waals surface area (Å²) < 4.78 is 6.41. The molecule has 18 heavy (non-hydrogen) atoms. The summed E-state index contributed by atoms with van der Waals surface area (Å²) in [7, 11) is 0. The van der Waals surface area contributed by atoms with Crippen LogP contribution in [-0.4, -0.2) is 0 Å². The summed E-state index contributed by atoms with van der Waals surface area (Å²) in [6.45, 7) is 0. The number of nitriles is 1. The van der Waals surface area contributed by atoms with E-state index in [1.165, 1.54) is 0 Å². The second-order valence-electron chi connectivity index (χ2n) is 3.54. The first-order valence-corrected chi connectivity index (χ1v) is 6.20. The van der Waals surface area contributed by atoms with Crippen LogP contribution < -0.4 is 10.5 Å². The van der Waals surface area contributed by atoms with E-state index in [4.69, 9.17) is 27.3 Å². The number of benzene rings is 2. The number of anilines is 1. The zero-order valence-corrected chi connectivity index (χ0v) is 11.5. The van der Waals surface area contributed by atoms with Crippen molar-refractivity contribution < 1.29 is 4.74 Å². The van der Waals surface area contributed by atoms with Crippen molar-refractivity contribution in [2.24, 2.45) is 0 Å². The Labute approximate surface area is 118 Å². The van der Waals surface area contributed by atoms with Gasteiger partial charge in [0.05, 0.1) is 10.0 Å². The third kappa shape index (κ3) is 2.76. The molecule has 0 saturated heterocycles. The maximum atomic E-state index is 9.00. The molecular weight excluding hydrogens is 316 g/mol. The van der Waals surface area contributed by atoms with Crippen molar-refractivity contribution >= 4 is 33.2 Å². The molecule has 0 aromatic heterocycles. The van der Waals surface area contributed by atoms with Crippen LogP contribution in [0.5, 0.6) is 11.5 Å². The normalized spacial score (nSPS) is 9.83. The molecule has 0 radical (unpaired) electrons. The molecule has 0 spiro atoms. The first kappa shape index (κ1) is 12.7. The largest absolute Gasteiger partial charge is 0.455 e. The minimum Gasteiger partial charge on any atom is -0.455 e. The zero-order valence-electron chi connectivity index (χ0n) is 9.15. The van der Waals surface area contributed by atoms with Gasteiger partial charge in [0.15, 0.2) is 0 Å². The van der Waals surface area contributed by atoms with Gasteiger partial charge in [0.2, 0.25) is 0 Å². The average Bonchev–Trinajstić information content (AvgIpc) is 2.34. The lowest BCUT2D eigenvalue weighted by molar-refractivity contribution is 0.478. The highest BCUT2D eigenvalue weighted by Gasteiger charge is 2.08. The first-order valence-electron chi connectivity index (χ1n) is 5.02. The Balaban J connectivity index is 2.43. The predicted octanol–water partition coefficient (Wildman–Crippen LogP) is 4.35. The Hall–Kier alpha value is -1.70. The Bertz CT molecular complexity index is 637. The summed E-state index contributed by atoms with van der Waals surface area (Å²) in [6.07, 6.45) is 0. The average molecular weight is 324 g/mol. The third-order valence-electron chi connectivity index (χ3n) is 2.24. The molecule has 0 saturated carbocycles. The van der Waals surface area contributed by atoms with E-state index in [1.54, 1.807) is 36.4 Å². The molecule has 0 amide bonds. The molecule has 2 rings (SSSR count). The van der Waals surface area contributed by atoms with Crippen LogP contribution in [-0.2, 0) is 0 Å². The van der Waals surface area contributed by atoms with Crippen molar-refractivity contribution in [1.82, 2.24) is 0 Å². The van der Waals surface area contributed by atoms with Crippen molar-refractivity contribution in [3.63, 3.8) is 0 Å². The number of hydrogen-bond acceptors (Lipinski definition) is 3. The second kappa shape index (κ2) is 5.30. The fourth-order valence-corrected chi connectivity index (χ4v) is 1.88. The van der Waals surface area contributed by atoms with Crippen LogP contribution in [0, 0.1) is 11.3 Å². The van der Waals surface area contributed by atoms with E-state index in [-0.39, 0.29) is 0 Å². The summed E-state index contributed by atoms with van der Waals surface area (Å²) in [5, 5.41) is 9.51. The van der Waals surface area contributed by atoms with E-state index in [2.05, 4.69) is 15.9 Å². The molecule has 0 aliphatic rings. The van der Waals surface area contributed by atoms with Crippen molar-refractivity contribution in [2.75, 3.05) is 5.73 Å². The van der Waals surface area contributed by atoms with E-state index in [0.717, 1.165) is 4.47 Å². The highest BCUT2D eigenvalue weighted by atomic mass is 79.9. The van der Waals surface area contributed by atoms with Crippen molar-refractivity contribution in [3.8, 4) is 17.6 Å². The Kier molecular flexibility index (Phi) is 3.75. The molecule has 90 valence electrons. The van der Waals surface area contributed by atoms with Crippen LogP contribution in [0.2, 0.25) is 5.02 Å². The smallest absolute Gasteiger partial charge is 0.146 e. The van der Waals surface area contributed by atoms with Crippen molar-refractivity contribution in [2.45, 2.75) is 0 Å². The minimum atomic E-state index is 0.399. The van der Waals surface area contributed by atoms with Gasteiger partial charge in [-0.05, 0) is 40.2 Å². The summed E-state index contributed by atoms with van der Waals surface area (Å²) >= 11 is 9.24. The number of nitrogens with zero attached hydrogens (tertiary/aromatic N) is 1. The third-order valence-corrected chi connectivity index (χ3v) is 3.13. The SMILES string of the molecule is N#Cc1ccc(Cl)cc1Oc1cc(N)ccc1Br. The number of ether oxygens (including phenoxy) is 1. The lowest BCUT2D eigenvalue weighted by atomic mass is 10.2. The minimum absolute atomic E-state index is 0.399. The number of nitrogen functional groups attached to an aromatic ring is 1. The molecular formula is C13H8BrClN2O. The topological polar surface area (TPSA) is 59.0 Å². The van der Waals surface area contributed by atoms with Crippen LogP contribution in [0.1, 0.15) is 5.56 Å². The molecule has 2 aromatic rings. The van der Waals surface area contributed by atoms with Gasteiger partial charge in [0.25, 0.3) is 0 Å². The fraction of sp³-hybridized carbons (Fsp3) is 0. The molecule has 2 aromatic carbocycles. The Morgan fingerprint density at radius 3 is 2.67 bits per heavy atom. The molecule has 0 aliphatic carbocycles. The second-order valence-corrected chi connectivity index (χ2v) is 4.83.